The Morgan fingerprint density at radius 3 is 2.72 bits per heavy atom. The molecule has 5 nitrogen and oxygen atoms in total. The van der Waals surface area contributed by atoms with E-state index in [4.69, 9.17) is 4.74 Å². The van der Waals surface area contributed by atoms with E-state index in [1.165, 1.54) is 4.90 Å². The van der Waals surface area contributed by atoms with E-state index in [0.717, 1.165) is 35.6 Å². The number of imide groups is 1. The second kappa shape index (κ2) is 6.15. The first-order valence-corrected chi connectivity index (χ1v) is 8.83. The van der Waals surface area contributed by atoms with Crippen molar-refractivity contribution in [2.75, 3.05) is 13.2 Å². The van der Waals surface area contributed by atoms with Crippen molar-refractivity contribution in [1.82, 2.24) is 10.2 Å². The summed E-state index contributed by atoms with van der Waals surface area (Å²) < 4.78 is 5.69. The maximum atomic E-state index is 13.0. The van der Waals surface area contributed by atoms with Crippen molar-refractivity contribution >= 4 is 22.7 Å². The molecule has 0 saturated carbocycles. The van der Waals surface area contributed by atoms with Crippen LogP contribution in [0.3, 0.4) is 0 Å². The molecule has 0 spiro atoms. The van der Waals surface area contributed by atoms with Gasteiger partial charge < -0.3 is 10.1 Å². The third-order valence-corrected chi connectivity index (χ3v) is 5.26. The molecule has 2 saturated heterocycles. The van der Waals surface area contributed by atoms with Gasteiger partial charge >= 0.3 is 6.03 Å². The van der Waals surface area contributed by atoms with Crippen LogP contribution in [0, 0.1) is 0 Å². The summed E-state index contributed by atoms with van der Waals surface area (Å²) in [4.78, 5) is 26.8. The van der Waals surface area contributed by atoms with Gasteiger partial charge in [0.25, 0.3) is 5.91 Å². The molecule has 2 aliphatic rings. The van der Waals surface area contributed by atoms with Crippen LogP contribution < -0.4 is 5.32 Å². The zero-order chi connectivity index (χ0) is 17.4. The second-order valence-corrected chi connectivity index (χ2v) is 7.02. The van der Waals surface area contributed by atoms with Gasteiger partial charge in [0.1, 0.15) is 5.54 Å². The molecule has 4 rings (SSSR count). The lowest BCUT2D eigenvalue weighted by Gasteiger charge is -2.27. The molecule has 0 radical (unpaired) electrons. The van der Waals surface area contributed by atoms with E-state index >= 15 is 0 Å². The van der Waals surface area contributed by atoms with E-state index < -0.39 is 5.54 Å². The zero-order valence-electron chi connectivity index (χ0n) is 14.3. The SMILES string of the molecule is CC1(c2ccc3ccccc3c2)NC(=O)N(CC2CCCCO2)C1=O. The average Bonchev–Trinajstić information content (AvgIpc) is 2.86. The predicted molar refractivity (Wildman–Crippen MR) is 95.1 cm³/mol. The first-order chi connectivity index (χ1) is 12.1. The fourth-order valence-corrected chi connectivity index (χ4v) is 3.71. The number of fused-ring (bicyclic) bond motifs is 1. The Kier molecular flexibility index (Phi) is 3.96. The maximum Gasteiger partial charge on any atom is 0.325 e. The number of carbonyl (C=O) groups is 2. The fraction of sp³-hybridized carbons (Fsp3) is 0.400. The monoisotopic (exact) mass is 338 g/mol. The summed E-state index contributed by atoms with van der Waals surface area (Å²) in [5, 5.41) is 5.05. The Bertz CT molecular complexity index is 829. The summed E-state index contributed by atoms with van der Waals surface area (Å²) in [6.45, 7) is 2.81. The van der Waals surface area contributed by atoms with Crippen molar-refractivity contribution in [2.24, 2.45) is 0 Å². The molecule has 0 aromatic heterocycles. The Hall–Kier alpha value is -2.40. The zero-order valence-corrected chi connectivity index (χ0v) is 14.3. The third-order valence-electron chi connectivity index (χ3n) is 5.26. The molecule has 2 unspecified atom stereocenters. The smallest absolute Gasteiger partial charge is 0.325 e. The van der Waals surface area contributed by atoms with Crippen molar-refractivity contribution < 1.29 is 14.3 Å². The lowest BCUT2D eigenvalue weighted by atomic mass is 9.90. The number of nitrogens with zero attached hydrogens (tertiary/aromatic N) is 1. The van der Waals surface area contributed by atoms with Crippen LogP contribution >= 0.6 is 0 Å². The maximum absolute atomic E-state index is 13.0. The lowest BCUT2D eigenvalue weighted by Crippen LogP contribution is -2.42. The van der Waals surface area contributed by atoms with Crippen molar-refractivity contribution in [3.8, 4) is 0 Å². The summed E-state index contributed by atoms with van der Waals surface area (Å²) in [5.41, 5.74) is -0.230. The molecule has 2 aromatic rings. The highest BCUT2D eigenvalue weighted by atomic mass is 16.5. The molecular formula is C20H22N2O3. The number of rotatable bonds is 3. The van der Waals surface area contributed by atoms with Gasteiger partial charge in [-0.1, -0.05) is 36.4 Å². The van der Waals surface area contributed by atoms with Crippen LogP contribution in [-0.2, 0) is 15.1 Å². The highest BCUT2D eigenvalue weighted by molar-refractivity contribution is 6.07. The minimum Gasteiger partial charge on any atom is -0.376 e. The van der Waals surface area contributed by atoms with Crippen LogP contribution in [0.4, 0.5) is 4.79 Å². The van der Waals surface area contributed by atoms with Crippen LogP contribution in [0.1, 0.15) is 31.7 Å². The standard InChI is InChI=1S/C20H22N2O3/c1-20(16-10-9-14-6-2-3-7-15(14)12-16)18(23)22(19(24)21-20)13-17-8-4-5-11-25-17/h2-3,6-7,9-10,12,17H,4-5,8,11,13H2,1H3,(H,21,24). The fourth-order valence-electron chi connectivity index (χ4n) is 3.71. The minimum atomic E-state index is -1.03. The van der Waals surface area contributed by atoms with Crippen LogP contribution in [-0.4, -0.2) is 36.1 Å². The number of ether oxygens (including phenoxy) is 1. The summed E-state index contributed by atoms with van der Waals surface area (Å²) in [6.07, 6.45) is 2.97. The van der Waals surface area contributed by atoms with E-state index in [9.17, 15) is 9.59 Å². The summed E-state index contributed by atoms with van der Waals surface area (Å²) in [6, 6.07) is 13.5. The Morgan fingerprint density at radius 1 is 1.16 bits per heavy atom. The number of amides is 3. The van der Waals surface area contributed by atoms with E-state index in [0.29, 0.717) is 13.2 Å². The quantitative estimate of drug-likeness (QED) is 0.875. The number of urea groups is 1. The first-order valence-electron chi connectivity index (χ1n) is 8.83. The number of benzene rings is 2. The van der Waals surface area contributed by atoms with Crippen LogP contribution in [0.5, 0.6) is 0 Å². The van der Waals surface area contributed by atoms with E-state index in [2.05, 4.69) is 5.32 Å². The van der Waals surface area contributed by atoms with Crippen LogP contribution in [0.25, 0.3) is 10.8 Å². The lowest BCUT2D eigenvalue weighted by molar-refractivity contribution is -0.132. The van der Waals surface area contributed by atoms with Crippen molar-refractivity contribution in [1.29, 1.82) is 0 Å². The van der Waals surface area contributed by atoms with Gasteiger partial charge in [-0.25, -0.2) is 4.79 Å². The molecule has 1 N–H and O–H groups in total. The topological polar surface area (TPSA) is 58.6 Å². The molecule has 3 amide bonds. The average molecular weight is 338 g/mol. The first kappa shape index (κ1) is 16.1. The van der Waals surface area contributed by atoms with E-state index in [1.54, 1.807) is 6.92 Å². The summed E-state index contributed by atoms with van der Waals surface area (Å²) in [7, 11) is 0. The number of hydrogen-bond donors (Lipinski definition) is 1. The Balaban J connectivity index is 1.62. The Morgan fingerprint density at radius 2 is 1.96 bits per heavy atom. The predicted octanol–water partition coefficient (Wildman–Crippen LogP) is 3.18. The Labute approximate surface area is 146 Å². The molecule has 2 heterocycles. The normalized spacial score (nSPS) is 26.9. The number of nitrogens with one attached hydrogen (secondary N) is 1. The van der Waals surface area contributed by atoms with Gasteiger partial charge in [-0.15, -0.1) is 0 Å². The van der Waals surface area contributed by atoms with Gasteiger partial charge in [-0.2, -0.15) is 0 Å². The molecule has 2 atom stereocenters. The number of carbonyl (C=O) groups excluding carboxylic acids is 2. The largest absolute Gasteiger partial charge is 0.376 e. The van der Waals surface area contributed by atoms with Gasteiger partial charge in [0, 0.05) is 6.61 Å². The van der Waals surface area contributed by atoms with Crippen molar-refractivity contribution in [3.63, 3.8) is 0 Å². The van der Waals surface area contributed by atoms with E-state index in [-0.39, 0.29) is 18.0 Å². The van der Waals surface area contributed by atoms with Crippen LogP contribution in [0.15, 0.2) is 42.5 Å². The molecule has 2 aliphatic heterocycles. The van der Waals surface area contributed by atoms with Gasteiger partial charge in [0.2, 0.25) is 0 Å². The highest BCUT2D eigenvalue weighted by Gasteiger charge is 2.49. The second-order valence-electron chi connectivity index (χ2n) is 7.02. The van der Waals surface area contributed by atoms with Gasteiger partial charge in [0.05, 0.1) is 12.6 Å². The van der Waals surface area contributed by atoms with Gasteiger partial charge in [0.15, 0.2) is 0 Å². The molecule has 2 fully saturated rings. The minimum absolute atomic E-state index is 0.0533. The van der Waals surface area contributed by atoms with Gasteiger partial charge in [-0.05, 0) is 48.6 Å². The molecule has 2 aromatic carbocycles. The molecule has 5 heteroatoms. The molecule has 25 heavy (non-hydrogen) atoms. The number of hydrogen-bond acceptors (Lipinski definition) is 3. The molecular weight excluding hydrogens is 316 g/mol. The molecule has 130 valence electrons. The van der Waals surface area contributed by atoms with Crippen molar-refractivity contribution in [2.45, 2.75) is 37.8 Å². The summed E-state index contributed by atoms with van der Waals surface area (Å²) in [5.74, 6) is -0.207. The van der Waals surface area contributed by atoms with E-state index in [1.807, 2.05) is 42.5 Å². The molecule has 0 bridgehead atoms. The third kappa shape index (κ3) is 2.78. The van der Waals surface area contributed by atoms with Crippen molar-refractivity contribution in [3.05, 3.63) is 48.0 Å². The molecule has 0 aliphatic carbocycles. The van der Waals surface area contributed by atoms with Gasteiger partial charge in [-0.3, -0.25) is 9.69 Å². The highest BCUT2D eigenvalue weighted by Crippen LogP contribution is 2.31. The summed E-state index contributed by atoms with van der Waals surface area (Å²) >= 11 is 0. The van der Waals surface area contributed by atoms with Crippen LogP contribution in [0.2, 0.25) is 0 Å².